The van der Waals surface area contributed by atoms with Crippen molar-refractivity contribution in [2.75, 3.05) is 6.54 Å². The molecule has 100 valence electrons. The van der Waals surface area contributed by atoms with Gasteiger partial charge in [0.15, 0.2) is 0 Å². The zero-order chi connectivity index (χ0) is 13.5. The van der Waals surface area contributed by atoms with Gasteiger partial charge in [-0.15, -0.1) is 0 Å². The van der Waals surface area contributed by atoms with E-state index < -0.39 is 16.0 Å². The van der Waals surface area contributed by atoms with Gasteiger partial charge in [0.05, 0.1) is 0 Å². The van der Waals surface area contributed by atoms with Crippen molar-refractivity contribution < 1.29 is 9.00 Å². The number of nitrogens with one attached hydrogen (secondary N) is 1. The number of benzene rings is 1. The molecule has 4 heteroatoms. The maximum atomic E-state index is 12.1. The Bertz CT molecular complexity index is 414. The molecule has 0 fully saturated rings. The minimum absolute atomic E-state index is 0.123. The average Bonchev–Trinajstić information content (AvgIpc) is 2.37. The number of hydrogen-bond acceptors (Lipinski definition) is 2. The molecule has 18 heavy (non-hydrogen) atoms. The summed E-state index contributed by atoms with van der Waals surface area (Å²) in [7, 11) is -1.17. The standard InChI is InChI=1S/C14H21NO2S/c1-4-9-15-14(16)12(3)18(17)10-13-7-5-11(2)6-8-13/h5-8,12H,4,9-10H2,1-3H3,(H,15,16)/t12-,18-/m0/s1. The van der Waals surface area contributed by atoms with Crippen molar-refractivity contribution in [2.24, 2.45) is 0 Å². The molecule has 1 rings (SSSR count). The summed E-state index contributed by atoms with van der Waals surface area (Å²) in [4.78, 5) is 11.7. The van der Waals surface area contributed by atoms with Crippen LogP contribution in [-0.4, -0.2) is 21.9 Å². The van der Waals surface area contributed by atoms with Crippen LogP contribution in [0.1, 0.15) is 31.4 Å². The molecule has 1 N–H and O–H groups in total. The molecule has 0 heterocycles. The van der Waals surface area contributed by atoms with E-state index in [9.17, 15) is 9.00 Å². The third-order valence-corrected chi connectivity index (χ3v) is 4.36. The van der Waals surface area contributed by atoms with Gasteiger partial charge in [0, 0.05) is 23.1 Å². The molecular weight excluding hydrogens is 246 g/mol. The van der Waals surface area contributed by atoms with Gasteiger partial charge in [-0.3, -0.25) is 9.00 Å². The van der Waals surface area contributed by atoms with Crippen molar-refractivity contribution in [3.8, 4) is 0 Å². The van der Waals surface area contributed by atoms with E-state index in [0.717, 1.165) is 12.0 Å². The molecule has 0 aliphatic carbocycles. The second kappa shape index (κ2) is 7.31. The van der Waals surface area contributed by atoms with E-state index >= 15 is 0 Å². The predicted octanol–water partition coefficient (Wildman–Crippen LogP) is 2.16. The highest BCUT2D eigenvalue weighted by atomic mass is 32.2. The first-order valence-corrected chi connectivity index (χ1v) is 7.63. The fourth-order valence-corrected chi connectivity index (χ4v) is 2.58. The zero-order valence-corrected chi connectivity index (χ0v) is 12.0. The third-order valence-electron chi connectivity index (χ3n) is 2.74. The minimum atomic E-state index is -1.17. The first-order chi connectivity index (χ1) is 8.54. The van der Waals surface area contributed by atoms with Crippen molar-refractivity contribution in [3.05, 3.63) is 35.4 Å². The van der Waals surface area contributed by atoms with E-state index in [1.165, 1.54) is 5.56 Å². The molecule has 0 bridgehead atoms. The lowest BCUT2D eigenvalue weighted by molar-refractivity contribution is -0.120. The van der Waals surface area contributed by atoms with E-state index in [4.69, 9.17) is 0 Å². The maximum absolute atomic E-state index is 12.1. The largest absolute Gasteiger partial charge is 0.355 e. The molecular formula is C14H21NO2S. The van der Waals surface area contributed by atoms with E-state index in [0.29, 0.717) is 12.3 Å². The smallest absolute Gasteiger partial charge is 0.235 e. The summed E-state index contributed by atoms with van der Waals surface area (Å²) in [6, 6.07) is 7.91. The fourth-order valence-electron chi connectivity index (χ4n) is 1.48. The molecule has 0 aromatic heterocycles. The Labute approximate surface area is 111 Å². The fraction of sp³-hybridized carbons (Fsp3) is 0.500. The highest BCUT2D eigenvalue weighted by Gasteiger charge is 2.19. The van der Waals surface area contributed by atoms with Gasteiger partial charge in [0.2, 0.25) is 5.91 Å². The van der Waals surface area contributed by atoms with E-state index in [-0.39, 0.29) is 5.91 Å². The molecule has 0 unspecified atom stereocenters. The third kappa shape index (κ3) is 4.61. The second-order valence-electron chi connectivity index (χ2n) is 4.44. The van der Waals surface area contributed by atoms with Crippen LogP contribution in [0.4, 0.5) is 0 Å². The van der Waals surface area contributed by atoms with Crippen LogP contribution in [0.5, 0.6) is 0 Å². The lowest BCUT2D eigenvalue weighted by Crippen LogP contribution is -2.36. The van der Waals surface area contributed by atoms with Crippen molar-refractivity contribution in [1.82, 2.24) is 5.32 Å². The minimum Gasteiger partial charge on any atom is -0.355 e. The number of amides is 1. The summed E-state index contributed by atoms with van der Waals surface area (Å²) in [5, 5.41) is 2.32. The van der Waals surface area contributed by atoms with Gasteiger partial charge in [-0.2, -0.15) is 0 Å². The molecule has 1 aromatic carbocycles. The molecule has 1 aromatic rings. The van der Waals surface area contributed by atoms with Gasteiger partial charge in [0.1, 0.15) is 5.25 Å². The number of carbonyl (C=O) groups is 1. The molecule has 3 nitrogen and oxygen atoms in total. The van der Waals surface area contributed by atoms with Crippen LogP contribution in [0.3, 0.4) is 0 Å². The Morgan fingerprint density at radius 1 is 1.33 bits per heavy atom. The molecule has 2 atom stereocenters. The number of hydrogen-bond donors (Lipinski definition) is 1. The molecule has 0 radical (unpaired) electrons. The summed E-state index contributed by atoms with van der Waals surface area (Å²) in [6.07, 6.45) is 0.892. The van der Waals surface area contributed by atoms with E-state index in [1.807, 2.05) is 38.1 Å². The van der Waals surface area contributed by atoms with Gasteiger partial charge in [-0.05, 0) is 25.8 Å². The van der Waals surface area contributed by atoms with Crippen molar-refractivity contribution in [1.29, 1.82) is 0 Å². The van der Waals surface area contributed by atoms with Crippen LogP contribution in [0.2, 0.25) is 0 Å². The second-order valence-corrected chi connectivity index (χ2v) is 6.20. The molecule has 0 saturated carbocycles. The van der Waals surface area contributed by atoms with Crippen molar-refractivity contribution in [3.63, 3.8) is 0 Å². The van der Waals surface area contributed by atoms with Gasteiger partial charge >= 0.3 is 0 Å². The van der Waals surface area contributed by atoms with Crippen LogP contribution in [0.25, 0.3) is 0 Å². The number of carbonyl (C=O) groups excluding carboxylic acids is 1. The van der Waals surface area contributed by atoms with Gasteiger partial charge in [-0.1, -0.05) is 36.8 Å². The maximum Gasteiger partial charge on any atom is 0.235 e. The number of aryl methyl sites for hydroxylation is 1. The topological polar surface area (TPSA) is 46.2 Å². The monoisotopic (exact) mass is 267 g/mol. The molecule has 0 aliphatic rings. The Morgan fingerprint density at radius 2 is 1.94 bits per heavy atom. The zero-order valence-electron chi connectivity index (χ0n) is 11.2. The molecule has 0 spiro atoms. The van der Waals surface area contributed by atoms with Crippen LogP contribution >= 0.6 is 0 Å². The first-order valence-electron chi connectivity index (χ1n) is 6.25. The molecule has 0 saturated heterocycles. The Hall–Kier alpha value is -1.16. The van der Waals surface area contributed by atoms with Crippen LogP contribution in [0, 0.1) is 6.92 Å². The lowest BCUT2D eigenvalue weighted by Gasteiger charge is -2.11. The summed E-state index contributed by atoms with van der Waals surface area (Å²) >= 11 is 0. The lowest BCUT2D eigenvalue weighted by atomic mass is 10.2. The highest BCUT2D eigenvalue weighted by molar-refractivity contribution is 7.85. The molecule has 1 amide bonds. The quantitative estimate of drug-likeness (QED) is 0.858. The number of rotatable bonds is 6. The van der Waals surface area contributed by atoms with Gasteiger partial charge < -0.3 is 5.32 Å². The Kier molecular flexibility index (Phi) is 6.05. The van der Waals surface area contributed by atoms with Crippen molar-refractivity contribution >= 4 is 16.7 Å². The SMILES string of the molecule is CCCNC(=O)[C@H](C)[S@@](=O)Cc1ccc(C)cc1. The van der Waals surface area contributed by atoms with Gasteiger partial charge in [0.25, 0.3) is 0 Å². The average molecular weight is 267 g/mol. The first kappa shape index (κ1) is 14.9. The predicted molar refractivity (Wildman–Crippen MR) is 75.8 cm³/mol. The van der Waals surface area contributed by atoms with Crippen LogP contribution < -0.4 is 5.32 Å². The van der Waals surface area contributed by atoms with Crippen LogP contribution in [0.15, 0.2) is 24.3 Å². The van der Waals surface area contributed by atoms with E-state index in [1.54, 1.807) is 6.92 Å². The summed E-state index contributed by atoms with van der Waals surface area (Å²) in [5.74, 6) is 0.309. The van der Waals surface area contributed by atoms with Crippen molar-refractivity contribution in [2.45, 2.75) is 38.2 Å². The molecule has 0 aliphatic heterocycles. The summed E-state index contributed by atoms with van der Waals surface area (Å²) in [6.45, 7) is 6.37. The normalized spacial score (nSPS) is 13.9. The van der Waals surface area contributed by atoms with Gasteiger partial charge in [-0.25, -0.2) is 0 Å². The summed E-state index contributed by atoms with van der Waals surface area (Å²) in [5.41, 5.74) is 2.19. The van der Waals surface area contributed by atoms with E-state index in [2.05, 4.69) is 5.32 Å². The highest BCUT2D eigenvalue weighted by Crippen LogP contribution is 2.09. The summed E-state index contributed by atoms with van der Waals surface area (Å²) < 4.78 is 12.1. The Balaban J connectivity index is 2.54. The Morgan fingerprint density at radius 3 is 2.50 bits per heavy atom. The van der Waals surface area contributed by atoms with Crippen LogP contribution in [-0.2, 0) is 21.3 Å².